The van der Waals surface area contributed by atoms with Crippen LogP contribution in [0.3, 0.4) is 0 Å². The van der Waals surface area contributed by atoms with E-state index in [1.165, 1.54) is 0 Å². The maximum absolute atomic E-state index is 12.5. The summed E-state index contributed by atoms with van der Waals surface area (Å²) in [5, 5.41) is 14.9. The van der Waals surface area contributed by atoms with Crippen LogP contribution in [0.2, 0.25) is 0 Å². The number of carbonyl (C=O) groups is 2. The predicted molar refractivity (Wildman–Crippen MR) is 104 cm³/mol. The second-order valence-electron chi connectivity index (χ2n) is 7.56. The number of hydrogen-bond acceptors (Lipinski definition) is 5. The van der Waals surface area contributed by atoms with Gasteiger partial charge in [0, 0.05) is 5.56 Å². The largest absolute Gasteiger partial charge is 0.481 e. The summed E-state index contributed by atoms with van der Waals surface area (Å²) >= 11 is 0. The van der Waals surface area contributed by atoms with Crippen LogP contribution in [0.25, 0.3) is 0 Å². The summed E-state index contributed by atoms with van der Waals surface area (Å²) in [6, 6.07) is 7.77. The smallest absolute Gasteiger partial charge is 0.408 e. The van der Waals surface area contributed by atoms with Crippen LogP contribution in [-0.2, 0) is 4.74 Å². The highest BCUT2D eigenvalue weighted by Gasteiger charge is 2.52. The fourth-order valence-electron chi connectivity index (χ4n) is 2.53. The number of rotatable bonds is 6. The minimum Gasteiger partial charge on any atom is -0.481 e. The number of hydrogen-bond donors (Lipinski definition) is 2. The van der Waals surface area contributed by atoms with Gasteiger partial charge in [-0.15, -0.1) is 5.92 Å². The SMILES string of the molecule is CC#CCOc1ccc(C(=O)NC(C#N)C2(NC(=O)OC(C)(C)C)CC2)cc1. The Bertz CT molecular complexity index is 818. The zero-order chi connectivity index (χ0) is 20.8. The summed E-state index contributed by atoms with van der Waals surface area (Å²) in [4.78, 5) is 24.6. The van der Waals surface area contributed by atoms with Gasteiger partial charge in [0.2, 0.25) is 0 Å². The lowest BCUT2D eigenvalue weighted by Gasteiger charge is -2.26. The Morgan fingerprint density at radius 2 is 1.89 bits per heavy atom. The van der Waals surface area contributed by atoms with Crippen LogP contribution in [0, 0.1) is 23.2 Å². The number of nitrogens with zero attached hydrogens (tertiary/aromatic N) is 1. The number of carbonyl (C=O) groups excluding carboxylic acids is 2. The molecule has 1 aliphatic carbocycles. The van der Waals surface area contributed by atoms with Crippen molar-refractivity contribution in [2.75, 3.05) is 6.61 Å². The van der Waals surface area contributed by atoms with E-state index < -0.39 is 29.2 Å². The van der Waals surface area contributed by atoms with Gasteiger partial charge in [-0.1, -0.05) is 5.92 Å². The number of ether oxygens (including phenoxy) is 2. The summed E-state index contributed by atoms with van der Waals surface area (Å²) in [7, 11) is 0. The van der Waals surface area contributed by atoms with Gasteiger partial charge in [-0.05, 0) is 64.8 Å². The molecule has 0 heterocycles. The monoisotopic (exact) mass is 383 g/mol. The van der Waals surface area contributed by atoms with Crippen molar-refractivity contribution in [2.24, 2.45) is 0 Å². The fraction of sp³-hybridized carbons (Fsp3) is 0.476. The molecule has 1 aromatic rings. The zero-order valence-corrected chi connectivity index (χ0v) is 16.6. The Morgan fingerprint density at radius 1 is 1.25 bits per heavy atom. The lowest BCUT2D eigenvalue weighted by Crippen LogP contribution is -2.54. The van der Waals surface area contributed by atoms with Crippen molar-refractivity contribution in [2.45, 2.75) is 57.7 Å². The normalized spacial score (nSPS) is 15.1. The van der Waals surface area contributed by atoms with Gasteiger partial charge in [-0.2, -0.15) is 5.26 Å². The second-order valence-corrected chi connectivity index (χ2v) is 7.56. The minimum atomic E-state index is -0.858. The molecule has 0 bridgehead atoms. The molecule has 28 heavy (non-hydrogen) atoms. The van der Waals surface area contributed by atoms with E-state index in [0.717, 1.165) is 0 Å². The van der Waals surface area contributed by atoms with E-state index in [0.29, 0.717) is 24.2 Å². The van der Waals surface area contributed by atoms with Gasteiger partial charge in [-0.3, -0.25) is 4.79 Å². The molecule has 1 unspecified atom stereocenters. The molecular weight excluding hydrogens is 358 g/mol. The minimum absolute atomic E-state index is 0.275. The third-order valence-electron chi connectivity index (χ3n) is 4.10. The average Bonchev–Trinajstić information content (AvgIpc) is 3.38. The first kappa shape index (κ1) is 21.1. The van der Waals surface area contributed by atoms with Crippen molar-refractivity contribution in [3.8, 4) is 23.7 Å². The molecule has 2 rings (SSSR count). The molecule has 7 nitrogen and oxygen atoms in total. The number of nitrogens with one attached hydrogen (secondary N) is 2. The van der Waals surface area contributed by atoms with Crippen LogP contribution in [0.1, 0.15) is 50.9 Å². The third-order valence-corrected chi connectivity index (χ3v) is 4.10. The molecule has 0 radical (unpaired) electrons. The maximum Gasteiger partial charge on any atom is 0.408 e. The topological polar surface area (TPSA) is 100 Å². The molecule has 0 aliphatic heterocycles. The van der Waals surface area contributed by atoms with E-state index in [-0.39, 0.29) is 6.61 Å². The van der Waals surface area contributed by atoms with E-state index in [1.54, 1.807) is 52.0 Å². The lowest BCUT2D eigenvalue weighted by atomic mass is 10.1. The van der Waals surface area contributed by atoms with Crippen molar-refractivity contribution < 1.29 is 19.1 Å². The van der Waals surface area contributed by atoms with Gasteiger partial charge >= 0.3 is 6.09 Å². The first-order valence-corrected chi connectivity index (χ1v) is 9.03. The molecule has 0 aromatic heterocycles. The summed E-state index contributed by atoms with van der Waals surface area (Å²) in [6.07, 6.45) is 0.586. The van der Waals surface area contributed by atoms with Gasteiger partial charge < -0.3 is 20.1 Å². The van der Waals surface area contributed by atoms with E-state index >= 15 is 0 Å². The Morgan fingerprint density at radius 3 is 2.39 bits per heavy atom. The number of amides is 2. The van der Waals surface area contributed by atoms with Crippen molar-refractivity contribution >= 4 is 12.0 Å². The average molecular weight is 383 g/mol. The van der Waals surface area contributed by atoms with E-state index in [9.17, 15) is 14.9 Å². The highest BCUT2D eigenvalue weighted by atomic mass is 16.6. The van der Waals surface area contributed by atoms with Crippen LogP contribution in [0.5, 0.6) is 5.75 Å². The van der Waals surface area contributed by atoms with E-state index in [4.69, 9.17) is 9.47 Å². The summed E-state index contributed by atoms with van der Waals surface area (Å²) in [5.74, 6) is 5.72. The zero-order valence-electron chi connectivity index (χ0n) is 16.6. The van der Waals surface area contributed by atoms with Crippen molar-refractivity contribution in [3.05, 3.63) is 29.8 Å². The molecular formula is C21H25N3O4. The predicted octanol–water partition coefficient (Wildman–Crippen LogP) is 2.77. The number of alkyl carbamates (subject to hydrolysis) is 1. The standard InChI is InChI=1S/C21H25N3O4/c1-5-6-13-27-16-9-7-15(8-10-16)18(25)23-17(14-22)21(11-12-21)24-19(26)28-20(2,3)4/h7-10,17H,11-13H2,1-4H3,(H,23,25)(H,24,26). The van der Waals surface area contributed by atoms with E-state index in [2.05, 4.69) is 28.5 Å². The lowest BCUT2D eigenvalue weighted by molar-refractivity contribution is 0.0485. The first-order valence-electron chi connectivity index (χ1n) is 9.03. The summed E-state index contributed by atoms with van der Waals surface area (Å²) in [5.41, 5.74) is -1.05. The van der Waals surface area contributed by atoms with Crippen molar-refractivity contribution in [1.29, 1.82) is 5.26 Å². The maximum atomic E-state index is 12.5. The molecule has 1 atom stereocenters. The number of benzene rings is 1. The van der Waals surface area contributed by atoms with Crippen molar-refractivity contribution in [3.63, 3.8) is 0 Å². The Hall–Kier alpha value is -3.19. The van der Waals surface area contributed by atoms with Gasteiger partial charge in [0.1, 0.15) is 24.0 Å². The van der Waals surface area contributed by atoms with E-state index in [1.807, 2.05) is 0 Å². The molecule has 1 aliphatic rings. The van der Waals surface area contributed by atoms with Crippen LogP contribution >= 0.6 is 0 Å². The highest BCUT2D eigenvalue weighted by molar-refractivity contribution is 5.94. The van der Waals surface area contributed by atoms with Gasteiger partial charge in [0.25, 0.3) is 5.91 Å². The molecule has 148 valence electrons. The summed E-state index contributed by atoms with van der Waals surface area (Å²) in [6.45, 7) is 7.29. The van der Waals surface area contributed by atoms with Crippen LogP contribution in [0.4, 0.5) is 4.79 Å². The molecule has 7 heteroatoms. The molecule has 2 N–H and O–H groups in total. The van der Waals surface area contributed by atoms with Gasteiger partial charge in [-0.25, -0.2) is 4.79 Å². The molecule has 0 saturated heterocycles. The first-order chi connectivity index (χ1) is 13.2. The Kier molecular flexibility index (Phi) is 6.53. The quantitative estimate of drug-likeness (QED) is 0.736. The fourth-order valence-corrected chi connectivity index (χ4v) is 2.53. The molecule has 1 fully saturated rings. The van der Waals surface area contributed by atoms with Crippen molar-refractivity contribution in [1.82, 2.24) is 10.6 Å². The molecule has 1 aromatic carbocycles. The second kappa shape index (κ2) is 8.67. The summed E-state index contributed by atoms with van der Waals surface area (Å²) < 4.78 is 10.7. The van der Waals surface area contributed by atoms with Crippen LogP contribution in [0.15, 0.2) is 24.3 Å². The Balaban J connectivity index is 1.98. The molecule has 2 amide bonds. The molecule has 0 spiro atoms. The van der Waals surface area contributed by atoms with Crippen LogP contribution < -0.4 is 15.4 Å². The Labute approximate surface area is 165 Å². The van der Waals surface area contributed by atoms with Gasteiger partial charge in [0.15, 0.2) is 0 Å². The highest BCUT2D eigenvalue weighted by Crippen LogP contribution is 2.39. The molecule has 1 saturated carbocycles. The third kappa shape index (κ3) is 5.92. The number of nitriles is 1. The van der Waals surface area contributed by atoms with Gasteiger partial charge in [0.05, 0.1) is 11.6 Å². The van der Waals surface area contributed by atoms with Crippen LogP contribution in [-0.4, -0.2) is 35.8 Å².